The number of hydrogen-bond donors (Lipinski definition) is 2. The van der Waals surface area contributed by atoms with Gasteiger partial charge in [-0.3, -0.25) is 4.79 Å². The fourth-order valence-electron chi connectivity index (χ4n) is 0.898. The fraction of sp³-hybridized carbons (Fsp3) is 0.500. The van der Waals surface area contributed by atoms with E-state index in [9.17, 15) is 4.79 Å². The second-order valence-electron chi connectivity index (χ2n) is 3.17. The molecule has 1 aromatic heterocycles. The monoisotopic (exact) mass is 182 g/mol. The molecule has 0 aromatic carbocycles. The first kappa shape index (κ1) is 9.73. The van der Waals surface area contributed by atoms with Crippen molar-refractivity contribution in [1.29, 1.82) is 0 Å². The molecule has 72 valence electrons. The van der Waals surface area contributed by atoms with E-state index in [0.29, 0.717) is 5.82 Å². The molecule has 0 atom stereocenters. The summed E-state index contributed by atoms with van der Waals surface area (Å²) in [4.78, 5) is 19.7. The molecule has 0 aliphatic rings. The Balaban J connectivity index is 2.69. The van der Waals surface area contributed by atoms with Crippen LogP contribution in [0.1, 0.15) is 5.82 Å². The Kier molecular flexibility index (Phi) is 3.02. The average Bonchev–Trinajstić information content (AvgIpc) is 2.07. The van der Waals surface area contributed by atoms with E-state index < -0.39 is 0 Å². The van der Waals surface area contributed by atoms with Crippen LogP contribution in [0.15, 0.2) is 11.0 Å². The van der Waals surface area contributed by atoms with Crippen molar-refractivity contribution < 1.29 is 0 Å². The van der Waals surface area contributed by atoms with Crippen LogP contribution in [0.5, 0.6) is 0 Å². The first-order valence-corrected chi connectivity index (χ1v) is 4.08. The third-order valence-electron chi connectivity index (χ3n) is 1.68. The maximum Gasteiger partial charge on any atom is 0.274 e. The van der Waals surface area contributed by atoms with Crippen LogP contribution in [-0.4, -0.2) is 35.5 Å². The van der Waals surface area contributed by atoms with Crippen LogP contribution in [0, 0.1) is 0 Å². The first-order valence-electron chi connectivity index (χ1n) is 4.08. The molecule has 5 nitrogen and oxygen atoms in total. The van der Waals surface area contributed by atoms with Crippen LogP contribution < -0.4 is 11.3 Å². The van der Waals surface area contributed by atoms with Gasteiger partial charge in [-0.2, -0.15) is 0 Å². The topological polar surface area (TPSA) is 75.0 Å². The molecule has 0 unspecified atom stereocenters. The van der Waals surface area contributed by atoms with E-state index >= 15 is 0 Å². The highest BCUT2D eigenvalue weighted by Gasteiger charge is 1.99. The molecule has 1 aromatic rings. The van der Waals surface area contributed by atoms with Crippen LogP contribution in [0.3, 0.4) is 0 Å². The number of nitrogens with two attached hydrogens (primary N) is 1. The van der Waals surface area contributed by atoms with E-state index in [-0.39, 0.29) is 11.2 Å². The summed E-state index contributed by atoms with van der Waals surface area (Å²) in [5.41, 5.74) is 5.23. The van der Waals surface area contributed by atoms with Gasteiger partial charge in [0.25, 0.3) is 5.56 Å². The summed E-state index contributed by atoms with van der Waals surface area (Å²) >= 11 is 0. The number of anilines is 1. The molecule has 0 aliphatic heterocycles. The zero-order chi connectivity index (χ0) is 9.84. The Morgan fingerprint density at radius 1 is 1.62 bits per heavy atom. The number of aromatic amines is 1. The molecule has 13 heavy (non-hydrogen) atoms. The molecule has 0 amide bonds. The zero-order valence-corrected chi connectivity index (χ0v) is 7.87. The molecule has 1 rings (SSSR count). The Bertz CT molecular complexity index is 331. The van der Waals surface area contributed by atoms with Crippen molar-refractivity contribution in [2.24, 2.45) is 0 Å². The van der Waals surface area contributed by atoms with Crippen LogP contribution in [0.25, 0.3) is 0 Å². The normalized spacial score (nSPS) is 10.7. The van der Waals surface area contributed by atoms with E-state index in [1.807, 2.05) is 19.0 Å². The third-order valence-corrected chi connectivity index (χ3v) is 1.68. The molecule has 3 N–H and O–H groups in total. The number of likely N-dealkylation sites (N-methyl/N-ethyl adjacent to an activating group) is 1. The number of hydrogen-bond acceptors (Lipinski definition) is 4. The molecular weight excluding hydrogens is 168 g/mol. The molecular formula is C8H14N4O. The second-order valence-corrected chi connectivity index (χ2v) is 3.17. The van der Waals surface area contributed by atoms with Crippen molar-refractivity contribution >= 4 is 5.69 Å². The van der Waals surface area contributed by atoms with Crippen molar-refractivity contribution in [2.75, 3.05) is 26.4 Å². The van der Waals surface area contributed by atoms with Gasteiger partial charge in [0.05, 0.1) is 6.20 Å². The van der Waals surface area contributed by atoms with Gasteiger partial charge < -0.3 is 15.6 Å². The summed E-state index contributed by atoms with van der Waals surface area (Å²) in [5.74, 6) is 0.674. The highest BCUT2D eigenvalue weighted by atomic mass is 16.1. The standard InChI is InChI=1S/C8H14N4O/c1-12(2)4-3-7-10-5-6(9)8(13)11-7/h5H,3-4,9H2,1-2H3,(H,10,11,13). The minimum Gasteiger partial charge on any atom is -0.393 e. The van der Waals surface area contributed by atoms with Gasteiger partial charge in [0, 0.05) is 13.0 Å². The van der Waals surface area contributed by atoms with E-state index in [1.165, 1.54) is 6.20 Å². The lowest BCUT2D eigenvalue weighted by molar-refractivity contribution is 0.409. The van der Waals surface area contributed by atoms with E-state index in [2.05, 4.69) is 9.97 Å². The molecule has 5 heteroatoms. The largest absolute Gasteiger partial charge is 0.393 e. The Morgan fingerprint density at radius 2 is 2.31 bits per heavy atom. The molecule has 0 saturated heterocycles. The minimum absolute atomic E-state index is 0.161. The summed E-state index contributed by atoms with van der Waals surface area (Å²) in [5, 5.41) is 0. The predicted molar refractivity (Wildman–Crippen MR) is 51.5 cm³/mol. The lowest BCUT2D eigenvalue weighted by atomic mass is 10.4. The van der Waals surface area contributed by atoms with E-state index in [1.54, 1.807) is 0 Å². The second kappa shape index (κ2) is 4.04. The van der Waals surface area contributed by atoms with Crippen LogP contribution >= 0.6 is 0 Å². The molecule has 0 radical (unpaired) electrons. The molecule has 0 aliphatic carbocycles. The van der Waals surface area contributed by atoms with Crippen molar-refractivity contribution in [3.63, 3.8) is 0 Å². The Labute approximate surface area is 76.6 Å². The predicted octanol–water partition coefficient (Wildman–Crippen LogP) is -0.544. The van der Waals surface area contributed by atoms with Gasteiger partial charge in [-0.1, -0.05) is 0 Å². The average molecular weight is 182 g/mol. The maximum absolute atomic E-state index is 11.1. The van der Waals surface area contributed by atoms with E-state index in [0.717, 1.165) is 13.0 Å². The number of nitrogens with one attached hydrogen (secondary N) is 1. The molecule has 0 fully saturated rings. The third kappa shape index (κ3) is 2.87. The lowest BCUT2D eigenvalue weighted by Gasteiger charge is -2.07. The highest BCUT2D eigenvalue weighted by Crippen LogP contribution is 1.91. The molecule has 0 spiro atoms. The summed E-state index contributed by atoms with van der Waals surface area (Å²) < 4.78 is 0. The van der Waals surface area contributed by atoms with Gasteiger partial charge in [-0.15, -0.1) is 0 Å². The first-order chi connectivity index (χ1) is 6.09. The van der Waals surface area contributed by atoms with Gasteiger partial charge in [-0.25, -0.2) is 4.98 Å². The highest BCUT2D eigenvalue weighted by molar-refractivity contribution is 5.30. The smallest absolute Gasteiger partial charge is 0.274 e. The summed E-state index contributed by atoms with van der Waals surface area (Å²) in [6, 6.07) is 0. The van der Waals surface area contributed by atoms with Gasteiger partial charge in [0.15, 0.2) is 0 Å². The minimum atomic E-state index is -0.260. The van der Waals surface area contributed by atoms with Gasteiger partial charge in [-0.05, 0) is 14.1 Å². The van der Waals surface area contributed by atoms with E-state index in [4.69, 9.17) is 5.73 Å². The van der Waals surface area contributed by atoms with Crippen molar-refractivity contribution in [2.45, 2.75) is 6.42 Å². The van der Waals surface area contributed by atoms with Gasteiger partial charge >= 0.3 is 0 Å². The van der Waals surface area contributed by atoms with Crippen LogP contribution in [-0.2, 0) is 6.42 Å². The van der Waals surface area contributed by atoms with Crippen molar-refractivity contribution in [3.8, 4) is 0 Å². The van der Waals surface area contributed by atoms with Crippen LogP contribution in [0.2, 0.25) is 0 Å². The summed E-state index contributed by atoms with van der Waals surface area (Å²) in [7, 11) is 3.94. The SMILES string of the molecule is CN(C)CCc1ncc(N)c(=O)[nH]1. The molecule has 0 saturated carbocycles. The van der Waals surface area contributed by atoms with Gasteiger partial charge in [0.1, 0.15) is 11.5 Å². The van der Waals surface area contributed by atoms with Gasteiger partial charge in [0.2, 0.25) is 0 Å². The van der Waals surface area contributed by atoms with Crippen molar-refractivity contribution in [3.05, 3.63) is 22.4 Å². The maximum atomic E-state index is 11.1. The molecule has 1 heterocycles. The summed E-state index contributed by atoms with van der Waals surface area (Å²) in [6.45, 7) is 0.854. The zero-order valence-electron chi connectivity index (χ0n) is 7.87. The number of rotatable bonds is 3. The number of nitrogens with zero attached hydrogens (tertiary/aromatic N) is 2. The molecule has 0 bridgehead atoms. The van der Waals surface area contributed by atoms with Crippen molar-refractivity contribution in [1.82, 2.24) is 14.9 Å². The Morgan fingerprint density at radius 3 is 2.85 bits per heavy atom. The Hall–Kier alpha value is -1.36. The van der Waals surface area contributed by atoms with Crippen LogP contribution in [0.4, 0.5) is 5.69 Å². The fourth-order valence-corrected chi connectivity index (χ4v) is 0.898. The summed E-state index contributed by atoms with van der Waals surface area (Å²) in [6.07, 6.45) is 2.12. The lowest BCUT2D eigenvalue weighted by Crippen LogP contribution is -2.20. The quantitative estimate of drug-likeness (QED) is 0.658. The number of nitrogen functional groups attached to an aromatic ring is 1. The number of aromatic nitrogens is 2. The number of H-pyrrole nitrogens is 1.